The van der Waals surface area contributed by atoms with Gasteiger partial charge >= 0.3 is 0 Å². The highest BCUT2D eigenvalue weighted by Crippen LogP contribution is 2.40. The molecule has 0 radical (unpaired) electrons. The second-order valence-corrected chi connectivity index (χ2v) is 6.38. The number of likely N-dealkylation sites (N-methyl/N-ethyl adjacent to an activating group) is 1. The molecule has 3 rings (SSSR count). The minimum atomic E-state index is -0.580. The van der Waals surface area contributed by atoms with Crippen molar-refractivity contribution in [3.05, 3.63) is 24.3 Å². The van der Waals surface area contributed by atoms with Gasteiger partial charge in [0.25, 0.3) is 5.22 Å². The van der Waals surface area contributed by atoms with Crippen molar-refractivity contribution in [3.63, 3.8) is 0 Å². The first-order valence-corrected chi connectivity index (χ1v) is 7.52. The van der Waals surface area contributed by atoms with Gasteiger partial charge in [-0.15, -0.1) is 0 Å². The van der Waals surface area contributed by atoms with Crippen molar-refractivity contribution in [2.45, 2.75) is 35.3 Å². The van der Waals surface area contributed by atoms with E-state index in [2.05, 4.69) is 10.3 Å². The van der Waals surface area contributed by atoms with Crippen LogP contribution in [0.25, 0.3) is 11.1 Å². The van der Waals surface area contributed by atoms with Gasteiger partial charge in [0.15, 0.2) is 5.58 Å². The van der Waals surface area contributed by atoms with Gasteiger partial charge in [-0.1, -0.05) is 23.9 Å². The van der Waals surface area contributed by atoms with Gasteiger partial charge in [0, 0.05) is 5.25 Å². The number of oxazole rings is 1. The van der Waals surface area contributed by atoms with Gasteiger partial charge in [0.1, 0.15) is 5.52 Å². The van der Waals surface area contributed by atoms with Crippen LogP contribution in [0.15, 0.2) is 33.9 Å². The number of hydrogen-bond acceptors (Lipinski definition) is 5. The maximum atomic E-state index is 11.6. The van der Waals surface area contributed by atoms with Gasteiger partial charge in [-0.2, -0.15) is 0 Å². The van der Waals surface area contributed by atoms with Gasteiger partial charge in [-0.25, -0.2) is 4.98 Å². The zero-order valence-electron chi connectivity index (χ0n) is 11.3. The molecule has 5 nitrogen and oxygen atoms in total. The topological polar surface area (TPSA) is 81.1 Å². The van der Waals surface area contributed by atoms with Crippen LogP contribution in [0.1, 0.15) is 19.3 Å². The van der Waals surface area contributed by atoms with Crippen molar-refractivity contribution in [1.82, 2.24) is 10.3 Å². The van der Waals surface area contributed by atoms with E-state index in [-0.39, 0.29) is 5.91 Å². The number of rotatable bonds is 4. The number of amides is 1. The third-order valence-corrected chi connectivity index (χ3v) is 5.07. The quantitative estimate of drug-likeness (QED) is 0.899. The molecule has 2 aromatic rings. The maximum Gasteiger partial charge on any atom is 0.257 e. The summed E-state index contributed by atoms with van der Waals surface area (Å²) in [6.07, 6.45) is 2.39. The van der Waals surface area contributed by atoms with Crippen molar-refractivity contribution < 1.29 is 9.21 Å². The first-order chi connectivity index (χ1) is 9.63. The largest absolute Gasteiger partial charge is 0.431 e. The SMILES string of the molecule is CNC1(C(N)=O)CCC(Sc2nc3ccccc3o2)C1. The molecular formula is C14H17N3O2S. The molecule has 1 fully saturated rings. The van der Waals surface area contributed by atoms with Gasteiger partial charge in [-0.3, -0.25) is 4.79 Å². The Labute approximate surface area is 121 Å². The van der Waals surface area contributed by atoms with E-state index in [1.807, 2.05) is 24.3 Å². The number of nitrogens with zero attached hydrogens (tertiary/aromatic N) is 1. The van der Waals surface area contributed by atoms with Crippen LogP contribution in [0.4, 0.5) is 0 Å². The van der Waals surface area contributed by atoms with E-state index in [0.717, 1.165) is 23.9 Å². The molecule has 0 spiro atoms. The van der Waals surface area contributed by atoms with Gasteiger partial charge in [0.05, 0.1) is 5.54 Å². The molecule has 106 valence electrons. The molecule has 20 heavy (non-hydrogen) atoms. The van der Waals surface area contributed by atoms with E-state index < -0.39 is 5.54 Å². The second-order valence-electron chi connectivity index (χ2n) is 5.13. The van der Waals surface area contributed by atoms with Crippen molar-refractivity contribution in [1.29, 1.82) is 0 Å². The Morgan fingerprint density at radius 1 is 1.55 bits per heavy atom. The molecule has 1 heterocycles. The lowest BCUT2D eigenvalue weighted by atomic mass is 9.97. The van der Waals surface area contributed by atoms with E-state index >= 15 is 0 Å². The smallest absolute Gasteiger partial charge is 0.257 e. The Hall–Kier alpha value is -1.53. The monoisotopic (exact) mass is 291 g/mol. The Morgan fingerprint density at radius 2 is 2.35 bits per heavy atom. The highest BCUT2D eigenvalue weighted by Gasteiger charge is 2.43. The molecule has 0 aliphatic heterocycles. The number of para-hydroxylation sites is 2. The zero-order valence-corrected chi connectivity index (χ0v) is 12.1. The average molecular weight is 291 g/mol. The average Bonchev–Trinajstić information content (AvgIpc) is 3.03. The number of aromatic nitrogens is 1. The molecule has 1 aromatic heterocycles. The molecule has 1 amide bonds. The second kappa shape index (κ2) is 5.10. The Bertz CT molecular complexity index is 609. The number of thioether (sulfide) groups is 1. The third kappa shape index (κ3) is 2.29. The molecule has 0 bridgehead atoms. The van der Waals surface area contributed by atoms with E-state index in [0.29, 0.717) is 16.9 Å². The van der Waals surface area contributed by atoms with Gasteiger partial charge < -0.3 is 15.5 Å². The van der Waals surface area contributed by atoms with E-state index in [4.69, 9.17) is 10.2 Å². The van der Waals surface area contributed by atoms with Crippen LogP contribution in [0.5, 0.6) is 0 Å². The molecule has 2 atom stereocenters. The Morgan fingerprint density at radius 3 is 3.00 bits per heavy atom. The first-order valence-electron chi connectivity index (χ1n) is 6.64. The third-order valence-electron chi connectivity index (χ3n) is 3.96. The molecule has 2 unspecified atom stereocenters. The summed E-state index contributed by atoms with van der Waals surface area (Å²) in [4.78, 5) is 16.1. The predicted molar refractivity (Wildman–Crippen MR) is 78.5 cm³/mol. The van der Waals surface area contributed by atoms with Crippen LogP contribution in [-0.2, 0) is 4.79 Å². The molecule has 1 aliphatic rings. The summed E-state index contributed by atoms with van der Waals surface area (Å²) >= 11 is 1.59. The van der Waals surface area contributed by atoms with Crippen LogP contribution < -0.4 is 11.1 Å². The minimum Gasteiger partial charge on any atom is -0.431 e. The van der Waals surface area contributed by atoms with Gasteiger partial charge in [0.2, 0.25) is 5.91 Å². The summed E-state index contributed by atoms with van der Waals surface area (Å²) in [7, 11) is 1.79. The minimum absolute atomic E-state index is 0.277. The number of hydrogen-bond donors (Lipinski definition) is 2. The number of nitrogens with two attached hydrogens (primary N) is 1. The molecule has 6 heteroatoms. The molecule has 0 saturated heterocycles. The lowest BCUT2D eigenvalue weighted by Gasteiger charge is -2.24. The lowest BCUT2D eigenvalue weighted by molar-refractivity contribution is -0.124. The van der Waals surface area contributed by atoms with Crippen LogP contribution in [-0.4, -0.2) is 28.7 Å². The van der Waals surface area contributed by atoms with Crippen molar-refractivity contribution >= 4 is 28.8 Å². The molecule has 1 aromatic carbocycles. The van der Waals surface area contributed by atoms with Crippen LogP contribution in [0, 0.1) is 0 Å². The predicted octanol–water partition coefficient (Wildman–Crippen LogP) is 1.92. The fourth-order valence-corrected chi connectivity index (χ4v) is 3.90. The number of carbonyl (C=O) groups is 1. The standard InChI is InChI=1S/C14H17N3O2S/c1-16-14(12(15)18)7-6-9(8-14)20-13-17-10-4-2-3-5-11(10)19-13/h2-5,9,16H,6-8H2,1H3,(H2,15,18). The molecule has 1 saturated carbocycles. The lowest BCUT2D eigenvalue weighted by Crippen LogP contribution is -2.52. The number of benzene rings is 1. The van der Waals surface area contributed by atoms with Crippen LogP contribution in [0.3, 0.4) is 0 Å². The highest BCUT2D eigenvalue weighted by molar-refractivity contribution is 7.99. The fourth-order valence-electron chi connectivity index (χ4n) is 2.72. The summed E-state index contributed by atoms with van der Waals surface area (Å²) in [6, 6.07) is 7.70. The normalized spacial score (nSPS) is 26.1. The van der Waals surface area contributed by atoms with E-state index in [9.17, 15) is 4.79 Å². The summed E-state index contributed by atoms with van der Waals surface area (Å²) in [5.41, 5.74) is 6.59. The molecular weight excluding hydrogens is 274 g/mol. The van der Waals surface area contributed by atoms with E-state index in [1.54, 1.807) is 18.8 Å². The molecule has 1 aliphatic carbocycles. The van der Waals surface area contributed by atoms with E-state index in [1.165, 1.54) is 0 Å². The number of carbonyl (C=O) groups excluding carboxylic acids is 1. The van der Waals surface area contributed by atoms with Crippen molar-refractivity contribution in [3.8, 4) is 0 Å². The molecule has 3 N–H and O–H groups in total. The Balaban J connectivity index is 1.74. The zero-order chi connectivity index (χ0) is 14.2. The summed E-state index contributed by atoms with van der Waals surface area (Å²) in [5.74, 6) is -0.277. The van der Waals surface area contributed by atoms with Crippen molar-refractivity contribution in [2.24, 2.45) is 5.73 Å². The number of fused-ring (bicyclic) bond motifs is 1. The number of nitrogens with one attached hydrogen (secondary N) is 1. The highest BCUT2D eigenvalue weighted by atomic mass is 32.2. The fraction of sp³-hybridized carbons (Fsp3) is 0.429. The Kier molecular flexibility index (Phi) is 3.43. The van der Waals surface area contributed by atoms with Gasteiger partial charge in [-0.05, 0) is 38.4 Å². The summed E-state index contributed by atoms with van der Waals surface area (Å²) in [6.45, 7) is 0. The summed E-state index contributed by atoms with van der Waals surface area (Å²) in [5, 5.41) is 4.03. The van der Waals surface area contributed by atoms with Crippen molar-refractivity contribution in [2.75, 3.05) is 7.05 Å². The van der Waals surface area contributed by atoms with Crippen LogP contribution in [0.2, 0.25) is 0 Å². The van der Waals surface area contributed by atoms with Crippen LogP contribution >= 0.6 is 11.8 Å². The number of primary amides is 1. The maximum absolute atomic E-state index is 11.6. The first kappa shape index (κ1) is 13.5. The summed E-state index contributed by atoms with van der Waals surface area (Å²) < 4.78 is 5.71.